The van der Waals surface area contributed by atoms with Crippen LogP contribution in [0.1, 0.15) is 25.1 Å². The van der Waals surface area contributed by atoms with Gasteiger partial charge in [-0.2, -0.15) is 0 Å². The van der Waals surface area contributed by atoms with Crippen LogP contribution in [0.15, 0.2) is 15.9 Å². The molecule has 2 heterocycles. The third-order valence-electron chi connectivity index (χ3n) is 3.51. The predicted molar refractivity (Wildman–Crippen MR) is 78.5 cm³/mol. The molecule has 17 heavy (non-hydrogen) atoms. The highest BCUT2D eigenvalue weighted by atomic mass is 79.9. The normalized spacial score (nSPS) is 26.3. The lowest BCUT2D eigenvalue weighted by atomic mass is 9.94. The molecule has 4 heteroatoms. The highest BCUT2D eigenvalue weighted by Gasteiger charge is 2.25. The van der Waals surface area contributed by atoms with Crippen molar-refractivity contribution in [1.29, 1.82) is 0 Å². The van der Waals surface area contributed by atoms with Gasteiger partial charge in [-0.3, -0.25) is 4.90 Å². The third kappa shape index (κ3) is 3.53. The zero-order chi connectivity index (χ0) is 12.3. The first kappa shape index (κ1) is 13.5. The quantitative estimate of drug-likeness (QED) is 0.916. The molecule has 1 saturated heterocycles. The summed E-state index contributed by atoms with van der Waals surface area (Å²) in [5.41, 5.74) is 0. The molecule has 0 amide bonds. The minimum Gasteiger partial charge on any atom is -0.314 e. The van der Waals surface area contributed by atoms with Crippen molar-refractivity contribution < 1.29 is 0 Å². The van der Waals surface area contributed by atoms with Gasteiger partial charge in [-0.05, 0) is 46.3 Å². The standard InChI is InChI=1S/C13H21BrN2S/c1-3-15-12-4-6-16(8-10(12)2)9-13-11(14)5-7-17-13/h5,7,10,12,15H,3-4,6,8-9H2,1-2H3. The van der Waals surface area contributed by atoms with E-state index >= 15 is 0 Å². The summed E-state index contributed by atoms with van der Waals surface area (Å²) in [6, 6.07) is 2.86. The van der Waals surface area contributed by atoms with E-state index in [0.717, 1.165) is 19.0 Å². The van der Waals surface area contributed by atoms with Gasteiger partial charge in [0.15, 0.2) is 0 Å². The Kier molecular flexibility index (Phi) is 5.03. The van der Waals surface area contributed by atoms with Gasteiger partial charge >= 0.3 is 0 Å². The van der Waals surface area contributed by atoms with E-state index in [2.05, 4.69) is 51.4 Å². The van der Waals surface area contributed by atoms with Crippen molar-refractivity contribution >= 4 is 27.3 Å². The highest BCUT2D eigenvalue weighted by Crippen LogP contribution is 2.26. The molecule has 0 bridgehead atoms. The summed E-state index contributed by atoms with van der Waals surface area (Å²) < 4.78 is 1.27. The predicted octanol–water partition coefficient (Wildman–Crippen LogP) is 3.33. The molecule has 1 aromatic heterocycles. The van der Waals surface area contributed by atoms with Crippen LogP contribution in [-0.4, -0.2) is 30.6 Å². The number of nitrogens with one attached hydrogen (secondary N) is 1. The first-order valence-corrected chi connectivity index (χ1v) is 8.05. The fourth-order valence-electron chi connectivity index (χ4n) is 2.58. The zero-order valence-corrected chi connectivity index (χ0v) is 13.0. The largest absolute Gasteiger partial charge is 0.314 e. The second kappa shape index (κ2) is 6.32. The van der Waals surface area contributed by atoms with Crippen molar-refractivity contribution in [1.82, 2.24) is 10.2 Å². The molecule has 0 saturated carbocycles. The lowest BCUT2D eigenvalue weighted by Crippen LogP contribution is -2.47. The number of likely N-dealkylation sites (tertiary alicyclic amines) is 1. The molecule has 0 spiro atoms. The van der Waals surface area contributed by atoms with E-state index in [1.807, 2.05) is 11.3 Å². The Hall–Kier alpha value is 0.100. The SMILES string of the molecule is CCNC1CCN(Cc2sccc2Br)CC1C. The van der Waals surface area contributed by atoms with Crippen LogP contribution >= 0.6 is 27.3 Å². The summed E-state index contributed by atoms with van der Waals surface area (Å²) in [7, 11) is 0. The Bertz CT molecular complexity index is 353. The van der Waals surface area contributed by atoms with Gasteiger partial charge in [0.25, 0.3) is 0 Å². The zero-order valence-electron chi connectivity index (χ0n) is 10.6. The number of thiophene rings is 1. The molecule has 0 aliphatic carbocycles. The van der Waals surface area contributed by atoms with Gasteiger partial charge in [0.2, 0.25) is 0 Å². The van der Waals surface area contributed by atoms with Gasteiger partial charge in [-0.1, -0.05) is 13.8 Å². The topological polar surface area (TPSA) is 15.3 Å². The lowest BCUT2D eigenvalue weighted by Gasteiger charge is -2.37. The maximum Gasteiger partial charge on any atom is 0.0339 e. The van der Waals surface area contributed by atoms with Crippen LogP contribution in [0, 0.1) is 5.92 Å². The monoisotopic (exact) mass is 316 g/mol. The van der Waals surface area contributed by atoms with Crippen LogP contribution in [-0.2, 0) is 6.54 Å². The van der Waals surface area contributed by atoms with Crippen LogP contribution < -0.4 is 5.32 Å². The molecule has 96 valence electrons. The Morgan fingerprint density at radius 2 is 2.41 bits per heavy atom. The van der Waals surface area contributed by atoms with E-state index in [9.17, 15) is 0 Å². The molecule has 1 aromatic rings. The molecule has 1 N–H and O–H groups in total. The molecular formula is C13H21BrN2S. The first-order chi connectivity index (χ1) is 8.20. The van der Waals surface area contributed by atoms with Crippen molar-refractivity contribution in [2.45, 2.75) is 32.9 Å². The molecule has 2 nitrogen and oxygen atoms in total. The smallest absolute Gasteiger partial charge is 0.0339 e. The van der Waals surface area contributed by atoms with Gasteiger partial charge in [0.05, 0.1) is 0 Å². The lowest BCUT2D eigenvalue weighted by molar-refractivity contribution is 0.143. The number of piperidine rings is 1. The number of hydrogen-bond donors (Lipinski definition) is 1. The summed E-state index contributed by atoms with van der Waals surface area (Å²) in [5.74, 6) is 0.752. The van der Waals surface area contributed by atoms with Gasteiger partial charge in [0.1, 0.15) is 0 Å². The minimum atomic E-state index is 0.711. The molecule has 1 aliphatic rings. The van der Waals surface area contributed by atoms with Gasteiger partial charge < -0.3 is 5.32 Å². The van der Waals surface area contributed by atoms with Crippen LogP contribution in [0.25, 0.3) is 0 Å². The first-order valence-electron chi connectivity index (χ1n) is 6.38. The van der Waals surface area contributed by atoms with Gasteiger partial charge in [-0.25, -0.2) is 0 Å². The molecule has 2 atom stereocenters. The van der Waals surface area contributed by atoms with E-state index < -0.39 is 0 Å². The molecular weight excluding hydrogens is 296 g/mol. The van der Waals surface area contributed by atoms with Crippen LogP contribution in [0.2, 0.25) is 0 Å². The molecule has 1 aliphatic heterocycles. The van der Waals surface area contributed by atoms with E-state index in [0.29, 0.717) is 6.04 Å². The fraction of sp³-hybridized carbons (Fsp3) is 0.692. The Morgan fingerprint density at radius 1 is 1.59 bits per heavy atom. The van der Waals surface area contributed by atoms with Crippen LogP contribution in [0.4, 0.5) is 0 Å². The van der Waals surface area contributed by atoms with Crippen molar-refractivity contribution in [2.24, 2.45) is 5.92 Å². The third-order valence-corrected chi connectivity index (χ3v) is 5.43. The Morgan fingerprint density at radius 3 is 3.00 bits per heavy atom. The average molecular weight is 317 g/mol. The van der Waals surface area contributed by atoms with Crippen LogP contribution in [0.3, 0.4) is 0 Å². The molecule has 1 fully saturated rings. The van der Waals surface area contributed by atoms with Crippen molar-refractivity contribution in [2.75, 3.05) is 19.6 Å². The maximum absolute atomic E-state index is 3.62. The fourth-order valence-corrected chi connectivity index (χ4v) is 4.10. The van der Waals surface area contributed by atoms with Crippen molar-refractivity contribution in [3.05, 3.63) is 20.8 Å². The van der Waals surface area contributed by atoms with E-state index in [4.69, 9.17) is 0 Å². The number of hydrogen-bond acceptors (Lipinski definition) is 3. The second-order valence-electron chi connectivity index (χ2n) is 4.86. The summed E-state index contributed by atoms with van der Waals surface area (Å²) in [6.07, 6.45) is 1.28. The van der Waals surface area contributed by atoms with E-state index in [-0.39, 0.29) is 0 Å². The highest BCUT2D eigenvalue weighted by molar-refractivity contribution is 9.10. The second-order valence-corrected chi connectivity index (χ2v) is 6.71. The summed E-state index contributed by atoms with van der Waals surface area (Å²) in [6.45, 7) is 9.17. The van der Waals surface area contributed by atoms with Gasteiger partial charge in [0, 0.05) is 35.0 Å². The number of halogens is 1. The summed E-state index contributed by atoms with van der Waals surface area (Å²) in [4.78, 5) is 4.04. The van der Waals surface area contributed by atoms with Gasteiger partial charge in [-0.15, -0.1) is 11.3 Å². The molecule has 0 aromatic carbocycles. The number of rotatable bonds is 4. The average Bonchev–Trinajstić information content (AvgIpc) is 2.69. The van der Waals surface area contributed by atoms with Crippen LogP contribution in [0.5, 0.6) is 0 Å². The molecule has 2 unspecified atom stereocenters. The Balaban J connectivity index is 1.87. The Labute approximate surface area is 117 Å². The molecule has 2 rings (SSSR count). The van der Waals surface area contributed by atoms with Crippen molar-refractivity contribution in [3.8, 4) is 0 Å². The minimum absolute atomic E-state index is 0.711. The summed E-state index contributed by atoms with van der Waals surface area (Å²) >= 11 is 5.47. The summed E-state index contributed by atoms with van der Waals surface area (Å²) in [5, 5.41) is 5.75. The van der Waals surface area contributed by atoms with E-state index in [1.54, 1.807) is 0 Å². The molecule has 0 radical (unpaired) electrons. The van der Waals surface area contributed by atoms with Crippen molar-refractivity contribution in [3.63, 3.8) is 0 Å². The van der Waals surface area contributed by atoms with E-state index in [1.165, 1.54) is 28.9 Å². The number of nitrogens with zero attached hydrogens (tertiary/aromatic N) is 1. The maximum atomic E-state index is 3.62.